The highest BCUT2D eigenvalue weighted by Gasteiger charge is 2.56. The summed E-state index contributed by atoms with van der Waals surface area (Å²) in [5.41, 5.74) is 1.62. The number of piperidine rings is 1. The number of esters is 1. The number of carbonyl (C=O) groups excluding carboxylic acids is 2. The van der Waals surface area contributed by atoms with Crippen molar-refractivity contribution in [1.82, 2.24) is 4.90 Å². The fourth-order valence-electron chi connectivity index (χ4n) is 4.10. The summed E-state index contributed by atoms with van der Waals surface area (Å²) >= 11 is 0. The van der Waals surface area contributed by atoms with Crippen LogP contribution in [-0.4, -0.2) is 48.7 Å². The average molecular weight is 287 g/mol. The van der Waals surface area contributed by atoms with Crippen molar-refractivity contribution in [2.24, 2.45) is 5.92 Å². The molecule has 0 aromatic rings. The lowest BCUT2D eigenvalue weighted by molar-refractivity contribution is -0.147. The Labute approximate surface area is 122 Å². The Morgan fingerprint density at radius 1 is 1.43 bits per heavy atom. The number of rotatable bonds is 1. The molecule has 0 radical (unpaired) electrons. The molecule has 1 spiro atoms. The summed E-state index contributed by atoms with van der Waals surface area (Å²) in [6.07, 6.45) is 8.79. The fraction of sp³-hybridized carbons (Fsp3) is 0.500. The van der Waals surface area contributed by atoms with E-state index in [1.54, 1.807) is 13.2 Å². The van der Waals surface area contributed by atoms with E-state index in [9.17, 15) is 9.59 Å². The van der Waals surface area contributed by atoms with Crippen LogP contribution in [0.3, 0.4) is 0 Å². The molecule has 3 aliphatic heterocycles. The number of cyclic esters (lactones) is 1. The van der Waals surface area contributed by atoms with Gasteiger partial charge in [0.15, 0.2) is 0 Å². The normalized spacial score (nSPS) is 37.3. The molecule has 3 heterocycles. The topological polar surface area (TPSA) is 55.8 Å². The highest BCUT2D eigenvalue weighted by Crippen LogP contribution is 2.51. The van der Waals surface area contributed by atoms with Gasteiger partial charge in [-0.3, -0.25) is 4.79 Å². The van der Waals surface area contributed by atoms with Crippen LogP contribution in [0.25, 0.3) is 0 Å². The molecule has 21 heavy (non-hydrogen) atoms. The Balaban J connectivity index is 1.88. The van der Waals surface area contributed by atoms with Gasteiger partial charge in [-0.1, -0.05) is 18.2 Å². The smallest absolute Gasteiger partial charge is 0.330 e. The lowest BCUT2D eigenvalue weighted by atomic mass is 9.67. The molecule has 1 fully saturated rings. The molecule has 0 N–H and O–H groups in total. The number of hydrogen-bond acceptors (Lipinski definition) is 4. The van der Waals surface area contributed by atoms with E-state index in [0.717, 1.165) is 11.1 Å². The van der Waals surface area contributed by atoms with Gasteiger partial charge in [0.25, 0.3) is 0 Å². The van der Waals surface area contributed by atoms with Gasteiger partial charge in [-0.15, -0.1) is 0 Å². The second-order valence-corrected chi connectivity index (χ2v) is 5.99. The van der Waals surface area contributed by atoms with Gasteiger partial charge in [0, 0.05) is 38.5 Å². The third-order valence-corrected chi connectivity index (χ3v) is 5.06. The first-order chi connectivity index (χ1) is 10.1. The second kappa shape index (κ2) is 4.31. The van der Waals surface area contributed by atoms with Crippen molar-refractivity contribution in [3.05, 3.63) is 35.5 Å². The van der Waals surface area contributed by atoms with Gasteiger partial charge in [-0.05, 0) is 11.1 Å². The zero-order valence-corrected chi connectivity index (χ0v) is 11.9. The highest BCUT2D eigenvalue weighted by molar-refractivity contribution is 5.89. The Kier molecular flexibility index (Phi) is 2.63. The Bertz CT molecular complexity index is 618. The van der Waals surface area contributed by atoms with Crippen molar-refractivity contribution in [3.63, 3.8) is 0 Å². The van der Waals surface area contributed by atoms with Crippen molar-refractivity contribution in [2.45, 2.75) is 24.5 Å². The summed E-state index contributed by atoms with van der Waals surface area (Å²) < 4.78 is 10.6. The third kappa shape index (κ3) is 1.61. The van der Waals surface area contributed by atoms with Crippen LogP contribution in [0.5, 0.6) is 0 Å². The van der Waals surface area contributed by atoms with Gasteiger partial charge in [-0.2, -0.15) is 0 Å². The molecule has 5 nitrogen and oxygen atoms in total. The molecule has 4 aliphatic rings. The summed E-state index contributed by atoms with van der Waals surface area (Å²) in [5, 5.41) is 0. The van der Waals surface area contributed by atoms with Crippen LogP contribution in [-0.2, 0) is 19.1 Å². The average Bonchev–Trinajstić information content (AvgIpc) is 2.88. The zero-order chi connectivity index (χ0) is 14.6. The fourth-order valence-corrected chi connectivity index (χ4v) is 4.10. The molecule has 3 unspecified atom stereocenters. The van der Waals surface area contributed by atoms with E-state index < -0.39 is 5.54 Å². The SMILES string of the molecule is COC1C=CC2=CCN3C(=O)CC4COC(=O)C=C4C23C1. The van der Waals surface area contributed by atoms with E-state index in [2.05, 4.69) is 6.08 Å². The van der Waals surface area contributed by atoms with E-state index in [-0.39, 0.29) is 23.9 Å². The Morgan fingerprint density at radius 2 is 2.29 bits per heavy atom. The molecule has 0 aromatic heterocycles. The molecule has 1 aliphatic carbocycles. The number of hydrogen-bond donors (Lipinski definition) is 0. The van der Waals surface area contributed by atoms with E-state index in [1.807, 2.05) is 17.1 Å². The van der Waals surface area contributed by atoms with Crippen LogP contribution < -0.4 is 0 Å². The lowest BCUT2D eigenvalue weighted by Gasteiger charge is -2.51. The number of amides is 1. The van der Waals surface area contributed by atoms with Gasteiger partial charge in [0.05, 0.1) is 18.2 Å². The summed E-state index contributed by atoms with van der Waals surface area (Å²) in [5.74, 6) is -0.178. The van der Waals surface area contributed by atoms with Gasteiger partial charge in [0.1, 0.15) is 0 Å². The predicted octanol–water partition coefficient (Wildman–Crippen LogP) is 0.972. The summed E-state index contributed by atoms with van der Waals surface area (Å²) in [7, 11) is 1.67. The largest absolute Gasteiger partial charge is 0.462 e. The van der Waals surface area contributed by atoms with Crippen molar-refractivity contribution >= 4 is 11.9 Å². The van der Waals surface area contributed by atoms with Crippen LogP contribution >= 0.6 is 0 Å². The summed E-state index contributed by atoms with van der Waals surface area (Å²) in [6.45, 7) is 0.911. The van der Waals surface area contributed by atoms with E-state index in [1.165, 1.54) is 0 Å². The van der Waals surface area contributed by atoms with Crippen molar-refractivity contribution in [3.8, 4) is 0 Å². The maximum absolute atomic E-state index is 12.5. The lowest BCUT2D eigenvalue weighted by Crippen LogP contribution is -2.59. The van der Waals surface area contributed by atoms with Crippen molar-refractivity contribution in [2.75, 3.05) is 20.3 Å². The monoisotopic (exact) mass is 287 g/mol. The molecule has 1 amide bonds. The standard InChI is InChI=1S/C16H17NO4/c1-20-12-3-2-11-4-5-17-14(18)6-10-9-21-15(19)7-13(10)16(11,17)8-12/h2-4,7,10,12H,5-6,8-9H2,1H3. The molecule has 110 valence electrons. The quantitative estimate of drug-likeness (QED) is 0.674. The number of ether oxygens (including phenoxy) is 2. The highest BCUT2D eigenvalue weighted by atomic mass is 16.5. The van der Waals surface area contributed by atoms with Crippen molar-refractivity contribution in [1.29, 1.82) is 0 Å². The Hall–Kier alpha value is -1.88. The molecule has 4 rings (SSSR count). The van der Waals surface area contributed by atoms with Gasteiger partial charge >= 0.3 is 5.97 Å². The predicted molar refractivity (Wildman–Crippen MR) is 74.2 cm³/mol. The summed E-state index contributed by atoms with van der Waals surface area (Å²) in [4.78, 5) is 26.2. The van der Waals surface area contributed by atoms with Crippen LogP contribution in [0.1, 0.15) is 12.8 Å². The van der Waals surface area contributed by atoms with Gasteiger partial charge in [-0.25, -0.2) is 4.79 Å². The first-order valence-electron chi connectivity index (χ1n) is 7.26. The minimum atomic E-state index is -0.505. The van der Waals surface area contributed by atoms with Gasteiger partial charge < -0.3 is 14.4 Å². The zero-order valence-electron chi connectivity index (χ0n) is 11.9. The molecule has 3 atom stereocenters. The van der Waals surface area contributed by atoms with E-state index in [4.69, 9.17) is 9.47 Å². The van der Waals surface area contributed by atoms with Crippen LogP contribution in [0, 0.1) is 5.92 Å². The molecular weight excluding hydrogens is 270 g/mol. The molecular formula is C16H17NO4. The van der Waals surface area contributed by atoms with Gasteiger partial charge in [0.2, 0.25) is 5.91 Å². The van der Waals surface area contributed by atoms with Crippen LogP contribution in [0.4, 0.5) is 0 Å². The molecule has 1 saturated heterocycles. The van der Waals surface area contributed by atoms with Crippen LogP contribution in [0.15, 0.2) is 35.5 Å². The third-order valence-electron chi connectivity index (χ3n) is 5.06. The van der Waals surface area contributed by atoms with Crippen molar-refractivity contribution < 1.29 is 19.1 Å². The minimum absolute atomic E-state index is 0.00282. The van der Waals surface area contributed by atoms with Crippen LogP contribution in [0.2, 0.25) is 0 Å². The first kappa shape index (κ1) is 12.8. The number of methoxy groups -OCH3 is 1. The minimum Gasteiger partial charge on any atom is -0.462 e. The maximum atomic E-state index is 12.5. The summed E-state index contributed by atoms with van der Waals surface area (Å²) in [6, 6.07) is 0. The maximum Gasteiger partial charge on any atom is 0.330 e. The number of fused-ring (bicyclic) bond motifs is 1. The number of nitrogens with zero attached hydrogens (tertiary/aromatic N) is 1. The number of carbonyl (C=O) groups is 2. The molecule has 0 saturated carbocycles. The molecule has 0 bridgehead atoms. The van der Waals surface area contributed by atoms with E-state index in [0.29, 0.717) is 26.0 Å². The van der Waals surface area contributed by atoms with E-state index >= 15 is 0 Å². The first-order valence-corrected chi connectivity index (χ1v) is 7.26. The second-order valence-electron chi connectivity index (χ2n) is 5.99. The molecule has 0 aromatic carbocycles. The Morgan fingerprint density at radius 3 is 3.10 bits per heavy atom. The molecule has 5 heteroatoms.